The third-order valence-electron chi connectivity index (χ3n) is 3.36. The van der Waals surface area contributed by atoms with E-state index in [0.29, 0.717) is 6.04 Å². The van der Waals surface area contributed by atoms with Crippen molar-refractivity contribution in [1.29, 1.82) is 0 Å². The van der Waals surface area contributed by atoms with E-state index < -0.39 is 0 Å². The Morgan fingerprint density at radius 1 is 1.21 bits per heavy atom. The van der Waals surface area contributed by atoms with Crippen molar-refractivity contribution in [2.75, 3.05) is 11.4 Å². The second-order valence-corrected chi connectivity index (χ2v) is 6.60. The van der Waals surface area contributed by atoms with Crippen molar-refractivity contribution in [3.05, 3.63) is 29.3 Å². The first-order valence-corrected chi connectivity index (χ1v) is 7.35. The molecule has 1 N–H and O–H groups in total. The van der Waals surface area contributed by atoms with Crippen LogP contribution in [0.3, 0.4) is 0 Å². The maximum absolute atomic E-state index is 3.54. The minimum absolute atomic E-state index is 0.167. The molecule has 2 nitrogen and oxygen atoms in total. The molecule has 0 amide bonds. The van der Waals surface area contributed by atoms with E-state index in [4.69, 9.17) is 0 Å². The van der Waals surface area contributed by atoms with Gasteiger partial charge in [-0.1, -0.05) is 12.1 Å². The van der Waals surface area contributed by atoms with E-state index in [0.717, 1.165) is 13.1 Å². The smallest absolute Gasteiger partial charge is 0.0398 e. The molecule has 1 aromatic rings. The predicted octanol–water partition coefficient (Wildman–Crippen LogP) is 4.12. The highest BCUT2D eigenvalue weighted by Crippen LogP contribution is 2.23. The molecule has 0 aliphatic carbocycles. The fourth-order valence-electron chi connectivity index (χ4n) is 2.33. The summed E-state index contributed by atoms with van der Waals surface area (Å²) < 4.78 is 0. The SMILES string of the molecule is CCN(c1ccc(CNC(C)(C)C)cc1C)C(C)C. The number of aryl methyl sites for hydroxylation is 1. The number of anilines is 1. The minimum Gasteiger partial charge on any atom is -0.369 e. The fourth-order valence-corrected chi connectivity index (χ4v) is 2.33. The topological polar surface area (TPSA) is 15.3 Å². The standard InChI is InChI=1S/C17H30N2/c1-8-19(13(2)3)16-10-9-15(11-14(16)4)12-18-17(5,6)7/h9-11,13,18H,8,12H2,1-7H3. The third-order valence-corrected chi connectivity index (χ3v) is 3.36. The van der Waals surface area contributed by atoms with Crippen molar-refractivity contribution in [2.45, 2.75) is 66.6 Å². The lowest BCUT2D eigenvalue weighted by Gasteiger charge is -2.29. The highest BCUT2D eigenvalue weighted by molar-refractivity contribution is 5.55. The number of nitrogens with one attached hydrogen (secondary N) is 1. The molecule has 0 unspecified atom stereocenters. The molecule has 1 aromatic carbocycles. The summed E-state index contributed by atoms with van der Waals surface area (Å²) in [6, 6.07) is 7.35. The maximum Gasteiger partial charge on any atom is 0.0398 e. The van der Waals surface area contributed by atoms with Gasteiger partial charge in [0.25, 0.3) is 0 Å². The molecule has 19 heavy (non-hydrogen) atoms. The Bertz CT molecular complexity index is 402. The van der Waals surface area contributed by atoms with Crippen LogP contribution in [0.1, 0.15) is 52.7 Å². The predicted molar refractivity (Wildman–Crippen MR) is 85.9 cm³/mol. The molecule has 2 heteroatoms. The van der Waals surface area contributed by atoms with Crippen LogP contribution in [0.5, 0.6) is 0 Å². The van der Waals surface area contributed by atoms with Gasteiger partial charge in [0.05, 0.1) is 0 Å². The molecule has 0 aliphatic heterocycles. The largest absolute Gasteiger partial charge is 0.369 e. The summed E-state index contributed by atoms with van der Waals surface area (Å²) >= 11 is 0. The average molecular weight is 262 g/mol. The molecule has 1 rings (SSSR count). The zero-order valence-electron chi connectivity index (χ0n) is 13.7. The Kier molecular flexibility index (Phi) is 5.42. The Balaban J connectivity index is 2.85. The van der Waals surface area contributed by atoms with Crippen LogP contribution in [0.2, 0.25) is 0 Å². The molecular formula is C17H30N2. The second-order valence-electron chi connectivity index (χ2n) is 6.60. The molecular weight excluding hydrogens is 232 g/mol. The van der Waals surface area contributed by atoms with E-state index in [1.54, 1.807) is 0 Å². The summed E-state index contributed by atoms with van der Waals surface area (Å²) in [5, 5.41) is 3.54. The number of nitrogens with zero attached hydrogens (tertiary/aromatic N) is 1. The van der Waals surface area contributed by atoms with Gasteiger partial charge in [0.1, 0.15) is 0 Å². The van der Waals surface area contributed by atoms with Gasteiger partial charge in [-0.25, -0.2) is 0 Å². The minimum atomic E-state index is 0.167. The monoisotopic (exact) mass is 262 g/mol. The molecule has 0 atom stereocenters. The summed E-state index contributed by atoms with van der Waals surface area (Å²) in [6.07, 6.45) is 0. The van der Waals surface area contributed by atoms with E-state index in [-0.39, 0.29) is 5.54 Å². The summed E-state index contributed by atoms with van der Waals surface area (Å²) in [4.78, 5) is 2.44. The molecule has 0 aromatic heterocycles. The molecule has 108 valence electrons. The lowest BCUT2D eigenvalue weighted by atomic mass is 10.1. The van der Waals surface area contributed by atoms with E-state index in [1.807, 2.05) is 0 Å². The first-order chi connectivity index (χ1) is 8.74. The summed E-state index contributed by atoms with van der Waals surface area (Å²) in [5.41, 5.74) is 4.25. The number of hydrogen-bond acceptors (Lipinski definition) is 2. The molecule has 0 saturated carbocycles. The van der Waals surface area contributed by atoms with Crippen LogP contribution >= 0.6 is 0 Å². The summed E-state index contributed by atoms with van der Waals surface area (Å²) in [6.45, 7) is 17.5. The van der Waals surface area contributed by atoms with Gasteiger partial charge < -0.3 is 10.2 Å². The van der Waals surface area contributed by atoms with E-state index >= 15 is 0 Å². The van der Waals surface area contributed by atoms with Gasteiger partial charge in [-0.3, -0.25) is 0 Å². The van der Waals surface area contributed by atoms with Crippen LogP contribution in [-0.4, -0.2) is 18.1 Å². The Labute approximate surface area is 119 Å². The molecule has 0 spiro atoms. The fraction of sp³-hybridized carbons (Fsp3) is 0.647. The van der Waals surface area contributed by atoms with Crippen molar-refractivity contribution < 1.29 is 0 Å². The highest BCUT2D eigenvalue weighted by Gasteiger charge is 2.12. The number of rotatable bonds is 5. The quantitative estimate of drug-likeness (QED) is 0.859. The maximum atomic E-state index is 3.54. The van der Waals surface area contributed by atoms with Crippen molar-refractivity contribution in [2.24, 2.45) is 0 Å². The normalized spacial score (nSPS) is 12.0. The first kappa shape index (κ1) is 16.0. The molecule has 0 aliphatic rings. The van der Waals surface area contributed by atoms with Crippen molar-refractivity contribution >= 4 is 5.69 Å². The Morgan fingerprint density at radius 3 is 2.26 bits per heavy atom. The van der Waals surface area contributed by atoms with Gasteiger partial charge in [-0.15, -0.1) is 0 Å². The molecule has 0 radical (unpaired) electrons. The van der Waals surface area contributed by atoms with E-state index in [1.165, 1.54) is 16.8 Å². The van der Waals surface area contributed by atoms with Gasteiger partial charge in [0.2, 0.25) is 0 Å². The Hall–Kier alpha value is -1.02. The van der Waals surface area contributed by atoms with Crippen LogP contribution in [0, 0.1) is 6.92 Å². The molecule has 0 bridgehead atoms. The number of hydrogen-bond donors (Lipinski definition) is 1. The van der Waals surface area contributed by atoms with Crippen molar-refractivity contribution in [3.8, 4) is 0 Å². The zero-order valence-corrected chi connectivity index (χ0v) is 13.7. The van der Waals surface area contributed by atoms with E-state index in [2.05, 4.69) is 76.9 Å². The van der Waals surface area contributed by atoms with Gasteiger partial charge >= 0.3 is 0 Å². The van der Waals surface area contributed by atoms with Gasteiger partial charge in [0, 0.05) is 30.4 Å². The van der Waals surface area contributed by atoms with Crippen LogP contribution < -0.4 is 10.2 Å². The lowest BCUT2D eigenvalue weighted by molar-refractivity contribution is 0.424. The second kappa shape index (κ2) is 6.42. The summed E-state index contributed by atoms with van der Waals surface area (Å²) in [7, 11) is 0. The van der Waals surface area contributed by atoms with Gasteiger partial charge in [-0.05, 0) is 65.7 Å². The average Bonchev–Trinajstić information content (AvgIpc) is 2.28. The van der Waals surface area contributed by atoms with Crippen molar-refractivity contribution in [1.82, 2.24) is 5.32 Å². The first-order valence-electron chi connectivity index (χ1n) is 7.35. The van der Waals surface area contributed by atoms with Gasteiger partial charge in [0.15, 0.2) is 0 Å². The molecule has 0 saturated heterocycles. The zero-order chi connectivity index (χ0) is 14.6. The summed E-state index contributed by atoms with van der Waals surface area (Å²) in [5.74, 6) is 0. The Morgan fingerprint density at radius 2 is 1.84 bits per heavy atom. The lowest BCUT2D eigenvalue weighted by Crippen LogP contribution is -2.35. The molecule has 0 fully saturated rings. The third kappa shape index (κ3) is 4.87. The van der Waals surface area contributed by atoms with E-state index in [9.17, 15) is 0 Å². The number of benzene rings is 1. The van der Waals surface area contributed by atoms with Crippen LogP contribution in [0.25, 0.3) is 0 Å². The van der Waals surface area contributed by atoms with Crippen LogP contribution in [-0.2, 0) is 6.54 Å². The van der Waals surface area contributed by atoms with Crippen molar-refractivity contribution in [3.63, 3.8) is 0 Å². The van der Waals surface area contributed by atoms with Crippen LogP contribution in [0.15, 0.2) is 18.2 Å². The van der Waals surface area contributed by atoms with Crippen LogP contribution in [0.4, 0.5) is 5.69 Å². The van der Waals surface area contributed by atoms with Gasteiger partial charge in [-0.2, -0.15) is 0 Å². The highest BCUT2D eigenvalue weighted by atomic mass is 15.1. The molecule has 0 heterocycles.